The fourth-order valence-corrected chi connectivity index (χ4v) is 3.06. The van der Waals surface area contributed by atoms with E-state index in [-0.39, 0.29) is 23.6 Å². The van der Waals surface area contributed by atoms with Crippen molar-refractivity contribution in [2.45, 2.75) is 6.92 Å². The molecule has 3 rings (SSSR count). The summed E-state index contributed by atoms with van der Waals surface area (Å²) in [5, 5.41) is 16.2. The maximum Gasteiger partial charge on any atom is 0.338 e. The van der Waals surface area contributed by atoms with Gasteiger partial charge in [-0.15, -0.1) is 0 Å². The lowest BCUT2D eigenvalue weighted by atomic mass is 10.1. The predicted octanol–water partition coefficient (Wildman–Crippen LogP) is 4.19. The Bertz CT molecular complexity index is 1280. The number of esters is 1. The van der Waals surface area contributed by atoms with Crippen LogP contribution in [0.5, 0.6) is 5.75 Å². The molecular weight excluding hydrogens is 466 g/mol. The number of amides is 2. The van der Waals surface area contributed by atoms with Crippen LogP contribution in [0, 0.1) is 10.1 Å². The van der Waals surface area contributed by atoms with Crippen LogP contribution in [-0.2, 0) is 9.53 Å². The van der Waals surface area contributed by atoms with E-state index in [1.54, 1.807) is 31.2 Å². The summed E-state index contributed by atoms with van der Waals surface area (Å²) in [6.45, 7) is 1.94. The number of non-ortho nitro benzene ring substituents is 1. The summed E-state index contributed by atoms with van der Waals surface area (Å²) in [7, 11) is 1.50. The van der Waals surface area contributed by atoms with Crippen LogP contribution in [0.15, 0.2) is 78.5 Å². The lowest BCUT2D eigenvalue weighted by molar-refractivity contribution is -0.384. The Hall–Kier alpha value is -4.99. The Kier molecular flexibility index (Phi) is 8.49. The number of nitrogens with zero attached hydrogens (tertiary/aromatic N) is 1. The molecule has 0 saturated heterocycles. The molecule has 0 bridgehead atoms. The van der Waals surface area contributed by atoms with Gasteiger partial charge in [0.25, 0.3) is 17.5 Å². The molecule has 184 valence electrons. The third-order valence-corrected chi connectivity index (χ3v) is 4.91. The van der Waals surface area contributed by atoms with Gasteiger partial charge in [0.2, 0.25) is 0 Å². The molecular formula is C26H23N3O7. The minimum Gasteiger partial charge on any atom is -0.497 e. The van der Waals surface area contributed by atoms with Crippen molar-refractivity contribution in [2.75, 3.05) is 19.0 Å². The minimum atomic E-state index is -0.640. The Morgan fingerprint density at radius 3 is 2.08 bits per heavy atom. The molecule has 0 fully saturated rings. The first-order chi connectivity index (χ1) is 17.3. The second-order valence-corrected chi connectivity index (χ2v) is 7.34. The Morgan fingerprint density at radius 1 is 0.917 bits per heavy atom. The molecule has 0 atom stereocenters. The number of hydrogen-bond donors (Lipinski definition) is 2. The zero-order valence-electron chi connectivity index (χ0n) is 19.5. The Labute approximate surface area is 206 Å². The predicted molar refractivity (Wildman–Crippen MR) is 133 cm³/mol. The van der Waals surface area contributed by atoms with E-state index < -0.39 is 22.7 Å². The van der Waals surface area contributed by atoms with E-state index in [1.165, 1.54) is 61.7 Å². The molecule has 0 saturated carbocycles. The van der Waals surface area contributed by atoms with Gasteiger partial charge in [-0.25, -0.2) is 4.79 Å². The van der Waals surface area contributed by atoms with Crippen LogP contribution >= 0.6 is 0 Å². The fraction of sp³-hybridized carbons (Fsp3) is 0.115. The van der Waals surface area contributed by atoms with Crippen LogP contribution < -0.4 is 15.4 Å². The van der Waals surface area contributed by atoms with Crippen molar-refractivity contribution in [1.82, 2.24) is 5.32 Å². The molecule has 10 heteroatoms. The van der Waals surface area contributed by atoms with E-state index in [9.17, 15) is 24.5 Å². The van der Waals surface area contributed by atoms with E-state index in [0.717, 1.165) is 0 Å². The zero-order chi connectivity index (χ0) is 26.1. The normalized spacial score (nSPS) is 10.8. The largest absolute Gasteiger partial charge is 0.497 e. The van der Waals surface area contributed by atoms with Crippen molar-refractivity contribution in [2.24, 2.45) is 0 Å². The zero-order valence-corrected chi connectivity index (χ0v) is 19.5. The standard InChI is InChI=1S/C26H23N3O7/c1-3-36-26(32)19-6-10-20(11-7-19)27-25(31)23(16-17-4-12-21(13-5-17)29(33)34)28-24(30)18-8-14-22(35-2)15-9-18/h4-16H,3H2,1-2H3,(H,27,31)(H,28,30). The van der Waals surface area contributed by atoms with Gasteiger partial charge in [-0.05, 0) is 79.2 Å². The summed E-state index contributed by atoms with van der Waals surface area (Å²) in [5.41, 5.74) is 1.24. The van der Waals surface area contributed by atoms with E-state index in [4.69, 9.17) is 9.47 Å². The van der Waals surface area contributed by atoms with Crippen molar-refractivity contribution >= 4 is 35.2 Å². The van der Waals surface area contributed by atoms with Gasteiger partial charge in [0, 0.05) is 23.4 Å². The molecule has 0 aliphatic heterocycles. The van der Waals surface area contributed by atoms with E-state index >= 15 is 0 Å². The number of hydrogen-bond acceptors (Lipinski definition) is 7. The van der Waals surface area contributed by atoms with Crippen molar-refractivity contribution in [3.8, 4) is 5.75 Å². The van der Waals surface area contributed by atoms with Crippen molar-refractivity contribution < 1.29 is 28.8 Å². The van der Waals surface area contributed by atoms with Crippen LogP contribution in [0.25, 0.3) is 6.08 Å². The van der Waals surface area contributed by atoms with Gasteiger partial charge in [0.15, 0.2) is 0 Å². The molecule has 2 N–H and O–H groups in total. The van der Waals surface area contributed by atoms with Gasteiger partial charge in [0.05, 0.1) is 24.2 Å². The average molecular weight is 489 g/mol. The summed E-state index contributed by atoms with van der Waals surface area (Å²) >= 11 is 0. The molecule has 0 spiro atoms. The molecule has 0 heterocycles. The lowest BCUT2D eigenvalue weighted by Crippen LogP contribution is -2.30. The number of rotatable bonds is 9. The number of methoxy groups -OCH3 is 1. The van der Waals surface area contributed by atoms with Gasteiger partial charge in [-0.3, -0.25) is 19.7 Å². The highest BCUT2D eigenvalue weighted by Crippen LogP contribution is 2.17. The summed E-state index contributed by atoms with van der Waals surface area (Å²) in [6.07, 6.45) is 1.40. The van der Waals surface area contributed by atoms with Crippen LogP contribution in [0.4, 0.5) is 11.4 Å². The number of benzene rings is 3. The summed E-state index contributed by atoms with van der Waals surface area (Å²) in [4.78, 5) is 48.1. The maximum absolute atomic E-state index is 13.1. The highest BCUT2D eigenvalue weighted by atomic mass is 16.6. The molecule has 3 aromatic carbocycles. The monoisotopic (exact) mass is 489 g/mol. The second-order valence-electron chi connectivity index (χ2n) is 7.34. The van der Waals surface area contributed by atoms with E-state index in [0.29, 0.717) is 22.6 Å². The van der Waals surface area contributed by atoms with Crippen molar-refractivity contribution in [1.29, 1.82) is 0 Å². The fourth-order valence-electron chi connectivity index (χ4n) is 3.06. The molecule has 0 aliphatic rings. The molecule has 0 aromatic heterocycles. The smallest absolute Gasteiger partial charge is 0.338 e. The van der Waals surface area contributed by atoms with E-state index in [2.05, 4.69) is 10.6 Å². The summed E-state index contributed by atoms with van der Waals surface area (Å²) < 4.78 is 10.0. The van der Waals surface area contributed by atoms with Crippen LogP contribution in [0.1, 0.15) is 33.2 Å². The number of anilines is 1. The summed E-state index contributed by atoms with van der Waals surface area (Å²) in [6, 6.07) is 17.9. The SMILES string of the molecule is CCOC(=O)c1ccc(NC(=O)C(=Cc2ccc([N+](=O)[O-])cc2)NC(=O)c2ccc(OC)cc2)cc1. The van der Waals surface area contributed by atoms with Crippen molar-refractivity contribution in [3.05, 3.63) is 105 Å². The van der Waals surface area contributed by atoms with Crippen LogP contribution in [0.2, 0.25) is 0 Å². The first kappa shape index (κ1) is 25.6. The third kappa shape index (κ3) is 6.76. The number of nitrogens with one attached hydrogen (secondary N) is 2. The molecule has 0 unspecified atom stereocenters. The quantitative estimate of drug-likeness (QED) is 0.199. The topological polar surface area (TPSA) is 137 Å². The highest BCUT2D eigenvalue weighted by Gasteiger charge is 2.16. The highest BCUT2D eigenvalue weighted by molar-refractivity contribution is 6.10. The molecule has 0 aliphatic carbocycles. The lowest BCUT2D eigenvalue weighted by Gasteiger charge is -2.12. The molecule has 2 amide bonds. The van der Waals surface area contributed by atoms with Crippen LogP contribution in [0.3, 0.4) is 0 Å². The van der Waals surface area contributed by atoms with E-state index in [1.807, 2.05) is 0 Å². The number of carbonyl (C=O) groups excluding carboxylic acids is 3. The second kappa shape index (κ2) is 11.9. The molecule has 10 nitrogen and oxygen atoms in total. The van der Waals surface area contributed by atoms with Crippen LogP contribution in [-0.4, -0.2) is 36.4 Å². The summed E-state index contributed by atoms with van der Waals surface area (Å²) in [5.74, 6) is -1.10. The number of ether oxygens (including phenoxy) is 2. The van der Waals surface area contributed by atoms with Gasteiger partial charge >= 0.3 is 5.97 Å². The average Bonchev–Trinajstić information content (AvgIpc) is 2.89. The third-order valence-electron chi connectivity index (χ3n) is 4.91. The number of nitro benzene ring substituents is 1. The first-order valence-corrected chi connectivity index (χ1v) is 10.8. The first-order valence-electron chi connectivity index (χ1n) is 10.8. The molecule has 0 radical (unpaired) electrons. The van der Waals surface area contributed by atoms with Gasteiger partial charge in [-0.2, -0.15) is 0 Å². The number of nitro groups is 1. The maximum atomic E-state index is 13.1. The van der Waals surface area contributed by atoms with Gasteiger partial charge < -0.3 is 20.1 Å². The van der Waals surface area contributed by atoms with Gasteiger partial charge in [0.1, 0.15) is 11.4 Å². The molecule has 3 aromatic rings. The van der Waals surface area contributed by atoms with Gasteiger partial charge in [-0.1, -0.05) is 0 Å². The molecule has 36 heavy (non-hydrogen) atoms. The minimum absolute atomic E-state index is 0.0980. The Balaban J connectivity index is 1.85. The Morgan fingerprint density at radius 2 is 1.53 bits per heavy atom. The number of carbonyl (C=O) groups is 3. The van der Waals surface area contributed by atoms with Crippen molar-refractivity contribution in [3.63, 3.8) is 0 Å².